The molecular formula is C19H25N3O6S. The fourth-order valence-corrected chi connectivity index (χ4v) is 3.10. The van der Waals surface area contributed by atoms with E-state index in [1.807, 2.05) is 0 Å². The maximum atomic E-state index is 12.7. The second-order valence-corrected chi connectivity index (χ2v) is 6.49. The minimum Gasteiger partial charge on any atom is -0.490 e. The molecule has 1 atom stereocenters. The number of nitrogens with zero attached hydrogens (tertiary/aromatic N) is 1. The first-order valence-corrected chi connectivity index (χ1v) is 9.64. The maximum Gasteiger partial charge on any atom is 0.308 e. The highest BCUT2D eigenvalue weighted by Crippen LogP contribution is 2.18. The van der Waals surface area contributed by atoms with Gasteiger partial charge in [0.25, 0.3) is 5.91 Å². The van der Waals surface area contributed by atoms with E-state index in [1.54, 1.807) is 38.3 Å². The number of para-hydroxylation sites is 1. The highest BCUT2D eigenvalue weighted by Gasteiger charge is 2.34. The van der Waals surface area contributed by atoms with Gasteiger partial charge in [0.05, 0.1) is 25.2 Å². The number of thiocarbonyl (C=S) groups is 1. The third-order valence-corrected chi connectivity index (χ3v) is 4.49. The smallest absolute Gasteiger partial charge is 0.308 e. The Kier molecular flexibility index (Phi) is 8.81. The topological polar surface area (TPSA) is 106 Å². The average Bonchev–Trinajstić information content (AvgIpc) is 2.70. The lowest BCUT2D eigenvalue weighted by atomic mass is 10.1. The third-order valence-electron chi connectivity index (χ3n) is 4.15. The van der Waals surface area contributed by atoms with Crippen molar-refractivity contribution in [2.45, 2.75) is 19.4 Å². The highest BCUT2D eigenvalue weighted by molar-refractivity contribution is 7.80. The van der Waals surface area contributed by atoms with Gasteiger partial charge in [0.15, 0.2) is 5.11 Å². The van der Waals surface area contributed by atoms with Crippen LogP contribution in [0.5, 0.6) is 5.75 Å². The van der Waals surface area contributed by atoms with Crippen molar-refractivity contribution < 1.29 is 28.6 Å². The monoisotopic (exact) mass is 423 g/mol. The molecule has 1 aromatic rings. The predicted molar refractivity (Wildman–Crippen MR) is 109 cm³/mol. The van der Waals surface area contributed by atoms with E-state index in [-0.39, 0.29) is 24.0 Å². The zero-order valence-corrected chi connectivity index (χ0v) is 17.3. The summed E-state index contributed by atoms with van der Waals surface area (Å²) in [6.07, 6.45) is -0.160. The Hall–Kier alpha value is -2.72. The van der Waals surface area contributed by atoms with E-state index in [4.69, 9.17) is 26.4 Å². The molecule has 0 aliphatic carbocycles. The molecule has 1 aromatic carbocycles. The fraction of sp³-hybridized carbons (Fsp3) is 0.474. The lowest BCUT2D eigenvalue weighted by Gasteiger charge is -2.36. The molecule has 2 rings (SSSR count). The van der Waals surface area contributed by atoms with Crippen LogP contribution in [-0.4, -0.2) is 73.9 Å². The Morgan fingerprint density at radius 1 is 1.31 bits per heavy atom. The number of methoxy groups -OCH3 is 1. The quantitative estimate of drug-likeness (QED) is 0.353. The number of hydrogen-bond acceptors (Lipinski definition) is 7. The molecule has 158 valence electrons. The number of ether oxygens (including phenoxy) is 3. The summed E-state index contributed by atoms with van der Waals surface area (Å²) in [4.78, 5) is 38.4. The van der Waals surface area contributed by atoms with Crippen LogP contribution < -0.4 is 15.4 Å². The largest absolute Gasteiger partial charge is 0.490 e. The summed E-state index contributed by atoms with van der Waals surface area (Å²) in [5.41, 5.74) is 0.300. The van der Waals surface area contributed by atoms with E-state index in [1.165, 1.54) is 4.90 Å². The van der Waals surface area contributed by atoms with Gasteiger partial charge >= 0.3 is 5.97 Å². The van der Waals surface area contributed by atoms with Crippen LogP contribution in [0.25, 0.3) is 0 Å². The van der Waals surface area contributed by atoms with Gasteiger partial charge in [-0.25, -0.2) is 0 Å². The van der Waals surface area contributed by atoms with Crippen LogP contribution in [0, 0.1) is 0 Å². The Balaban J connectivity index is 2.08. The molecule has 1 unspecified atom stereocenters. The van der Waals surface area contributed by atoms with Crippen molar-refractivity contribution >= 4 is 35.1 Å². The highest BCUT2D eigenvalue weighted by atomic mass is 32.1. The van der Waals surface area contributed by atoms with Gasteiger partial charge in [-0.05, 0) is 31.3 Å². The molecule has 1 fully saturated rings. The summed E-state index contributed by atoms with van der Waals surface area (Å²) in [5.74, 6) is -0.928. The van der Waals surface area contributed by atoms with Gasteiger partial charge in [-0.15, -0.1) is 0 Å². The van der Waals surface area contributed by atoms with Crippen LogP contribution in [-0.2, 0) is 19.1 Å². The number of amides is 2. The average molecular weight is 423 g/mol. The van der Waals surface area contributed by atoms with Gasteiger partial charge in [0.1, 0.15) is 18.4 Å². The van der Waals surface area contributed by atoms with E-state index in [0.29, 0.717) is 37.6 Å². The molecule has 1 aliphatic heterocycles. The molecule has 29 heavy (non-hydrogen) atoms. The summed E-state index contributed by atoms with van der Waals surface area (Å²) < 4.78 is 15.5. The Labute approximate surface area is 174 Å². The van der Waals surface area contributed by atoms with Crippen molar-refractivity contribution in [2.75, 3.05) is 40.0 Å². The molecule has 0 bridgehead atoms. The molecule has 0 spiro atoms. The lowest BCUT2D eigenvalue weighted by Crippen LogP contribution is -2.60. The first-order valence-electron chi connectivity index (χ1n) is 9.24. The first kappa shape index (κ1) is 22.6. The molecule has 10 heteroatoms. The van der Waals surface area contributed by atoms with Crippen LogP contribution in [0.4, 0.5) is 0 Å². The zero-order valence-electron chi connectivity index (χ0n) is 16.4. The number of piperazine rings is 1. The third kappa shape index (κ3) is 6.40. The van der Waals surface area contributed by atoms with E-state index in [0.717, 1.165) is 0 Å². The molecule has 2 N–H and O–H groups in total. The standard InChI is InChI=1S/C19H25N3O6S/c1-3-27-16(23)12-14-18(25)20-8-9-22(14)19(29)21-17(24)13-6-4-5-7-15(13)28-11-10-26-2/h4-7,14H,3,8-12H2,1-2H3,(H,20,25)(H,21,24,29). The molecule has 1 heterocycles. The summed E-state index contributed by atoms with van der Waals surface area (Å²) in [5, 5.41) is 5.38. The number of carbonyl (C=O) groups excluding carboxylic acids is 3. The van der Waals surface area contributed by atoms with Crippen LogP contribution in [0.2, 0.25) is 0 Å². The van der Waals surface area contributed by atoms with Crippen LogP contribution in [0.1, 0.15) is 23.7 Å². The van der Waals surface area contributed by atoms with Gasteiger partial charge in [-0.2, -0.15) is 0 Å². The molecular weight excluding hydrogens is 398 g/mol. The van der Waals surface area contributed by atoms with E-state index in [2.05, 4.69) is 10.6 Å². The second kappa shape index (κ2) is 11.3. The maximum absolute atomic E-state index is 12.7. The van der Waals surface area contributed by atoms with Gasteiger partial charge in [0, 0.05) is 20.2 Å². The van der Waals surface area contributed by atoms with E-state index >= 15 is 0 Å². The van der Waals surface area contributed by atoms with Crippen molar-refractivity contribution in [3.63, 3.8) is 0 Å². The number of nitrogens with one attached hydrogen (secondary N) is 2. The molecule has 2 amide bonds. The Morgan fingerprint density at radius 3 is 2.79 bits per heavy atom. The number of hydrogen-bond donors (Lipinski definition) is 2. The van der Waals surface area contributed by atoms with Gasteiger partial charge < -0.3 is 24.4 Å². The molecule has 1 aliphatic rings. The summed E-state index contributed by atoms with van der Waals surface area (Å²) >= 11 is 5.35. The minimum absolute atomic E-state index is 0.0610. The van der Waals surface area contributed by atoms with Crippen molar-refractivity contribution in [1.82, 2.24) is 15.5 Å². The predicted octanol–water partition coefficient (Wildman–Crippen LogP) is 0.480. The van der Waals surface area contributed by atoms with Crippen molar-refractivity contribution in [2.24, 2.45) is 0 Å². The SMILES string of the molecule is CCOC(=O)CC1C(=O)NCCN1C(=S)NC(=O)c1ccccc1OCCOC. The second-order valence-electron chi connectivity index (χ2n) is 6.11. The molecule has 1 saturated heterocycles. The number of esters is 1. The fourth-order valence-electron chi connectivity index (χ4n) is 2.79. The van der Waals surface area contributed by atoms with Crippen molar-refractivity contribution in [3.8, 4) is 5.75 Å². The number of rotatable bonds is 8. The first-order chi connectivity index (χ1) is 14.0. The Bertz CT molecular complexity index is 757. The minimum atomic E-state index is -0.844. The van der Waals surface area contributed by atoms with Gasteiger partial charge in [-0.1, -0.05) is 12.1 Å². The Morgan fingerprint density at radius 2 is 2.07 bits per heavy atom. The van der Waals surface area contributed by atoms with Gasteiger partial charge in [0.2, 0.25) is 5.91 Å². The lowest BCUT2D eigenvalue weighted by molar-refractivity contribution is -0.147. The van der Waals surface area contributed by atoms with Crippen LogP contribution in [0.15, 0.2) is 24.3 Å². The van der Waals surface area contributed by atoms with Crippen molar-refractivity contribution in [1.29, 1.82) is 0 Å². The molecule has 0 saturated carbocycles. The van der Waals surface area contributed by atoms with Crippen LogP contribution >= 0.6 is 12.2 Å². The van der Waals surface area contributed by atoms with Gasteiger partial charge in [-0.3, -0.25) is 19.7 Å². The number of benzene rings is 1. The summed E-state index contributed by atoms with van der Waals surface area (Å²) in [6, 6.07) is 5.90. The van der Waals surface area contributed by atoms with E-state index < -0.39 is 17.9 Å². The normalized spacial score (nSPS) is 16.0. The number of carbonyl (C=O) groups is 3. The molecule has 9 nitrogen and oxygen atoms in total. The summed E-state index contributed by atoms with van der Waals surface area (Å²) in [6.45, 7) is 3.29. The van der Waals surface area contributed by atoms with Crippen molar-refractivity contribution in [3.05, 3.63) is 29.8 Å². The molecule has 0 aromatic heterocycles. The van der Waals surface area contributed by atoms with Crippen LogP contribution in [0.3, 0.4) is 0 Å². The van der Waals surface area contributed by atoms with E-state index in [9.17, 15) is 14.4 Å². The zero-order chi connectivity index (χ0) is 21.2. The molecule has 0 radical (unpaired) electrons. The summed E-state index contributed by atoms with van der Waals surface area (Å²) in [7, 11) is 1.56.